The van der Waals surface area contributed by atoms with Crippen molar-refractivity contribution in [2.75, 3.05) is 0 Å². The Morgan fingerprint density at radius 2 is 0.889 bits per heavy atom. The van der Waals surface area contributed by atoms with Crippen LogP contribution < -0.4 is 0 Å². The van der Waals surface area contributed by atoms with Crippen LogP contribution in [-0.4, -0.2) is 0 Å². The maximum absolute atomic E-state index is 3.72. The van der Waals surface area contributed by atoms with Gasteiger partial charge in [-0.1, -0.05) is 145 Å². The van der Waals surface area contributed by atoms with E-state index in [2.05, 4.69) is 169 Å². The lowest BCUT2D eigenvalue weighted by Crippen LogP contribution is -2.26. The molecule has 7 aromatic rings. The molecular formula is C44H29Br. The lowest BCUT2D eigenvalue weighted by atomic mass is 9.69. The number of halogens is 1. The zero-order valence-electron chi connectivity index (χ0n) is 25.2. The molecule has 0 bridgehead atoms. The molecule has 0 fully saturated rings. The van der Waals surface area contributed by atoms with Gasteiger partial charge in [0.25, 0.3) is 0 Å². The molecule has 45 heavy (non-hydrogen) atoms. The fourth-order valence-corrected chi connectivity index (χ4v) is 9.35. The first-order valence-electron chi connectivity index (χ1n) is 15.8. The van der Waals surface area contributed by atoms with Crippen molar-refractivity contribution in [2.24, 2.45) is 0 Å². The van der Waals surface area contributed by atoms with Crippen LogP contribution in [0.3, 0.4) is 0 Å². The third-order valence-corrected chi connectivity index (χ3v) is 11.4. The van der Waals surface area contributed by atoms with E-state index in [9.17, 15) is 0 Å². The first-order valence-corrected chi connectivity index (χ1v) is 16.6. The van der Waals surface area contributed by atoms with E-state index < -0.39 is 0 Å². The smallest absolute Gasteiger partial charge is 0.0619 e. The average Bonchev–Trinajstić information content (AvgIpc) is 3.63. The Morgan fingerprint density at radius 1 is 0.422 bits per heavy atom. The maximum atomic E-state index is 3.72. The molecule has 0 aromatic heterocycles. The Balaban J connectivity index is 1.25. The molecule has 0 aliphatic heterocycles. The topological polar surface area (TPSA) is 0 Å². The molecule has 3 aliphatic carbocycles. The molecule has 0 heterocycles. The molecule has 0 saturated heterocycles. The van der Waals surface area contributed by atoms with E-state index in [0.29, 0.717) is 0 Å². The van der Waals surface area contributed by atoms with Gasteiger partial charge in [0.05, 0.1) is 5.41 Å². The van der Waals surface area contributed by atoms with Crippen molar-refractivity contribution >= 4 is 26.7 Å². The minimum atomic E-state index is -0.355. The monoisotopic (exact) mass is 636 g/mol. The lowest BCUT2D eigenvalue weighted by molar-refractivity contribution is 0.660. The van der Waals surface area contributed by atoms with Gasteiger partial charge in [0, 0.05) is 9.89 Å². The van der Waals surface area contributed by atoms with E-state index in [0.717, 1.165) is 4.47 Å². The molecule has 0 radical (unpaired) electrons. The molecule has 0 amide bonds. The quantitative estimate of drug-likeness (QED) is 0.168. The third kappa shape index (κ3) is 3.12. The Morgan fingerprint density at radius 3 is 1.56 bits per heavy atom. The van der Waals surface area contributed by atoms with Crippen molar-refractivity contribution in [2.45, 2.75) is 24.7 Å². The molecule has 1 spiro atoms. The highest BCUT2D eigenvalue weighted by Crippen LogP contribution is 2.64. The van der Waals surface area contributed by atoms with E-state index in [1.165, 1.54) is 88.7 Å². The first-order chi connectivity index (χ1) is 22.0. The SMILES string of the molecule is CC1(C)c2cc(Br)ccc2-c2ccc(-c3ccc4ccc5c(c4c3)C3(c4ccccc4-c4ccccc43)c3ccccc3-5)cc21. The summed E-state index contributed by atoms with van der Waals surface area (Å²) in [6, 6.07) is 52.9. The minimum Gasteiger partial charge on any atom is -0.0619 e. The van der Waals surface area contributed by atoms with Crippen LogP contribution in [0.15, 0.2) is 144 Å². The lowest BCUT2D eigenvalue weighted by Gasteiger charge is -2.31. The van der Waals surface area contributed by atoms with Crippen molar-refractivity contribution < 1.29 is 0 Å². The molecule has 0 saturated carbocycles. The summed E-state index contributed by atoms with van der Waals surface area (Å²) in [5.41, 5.74) is 18.5. The van der Waals surface area contributed by atoms with Gasteiger partial charge in [-0.2, -0.15) is 0 Å². The van der Waals surface area contributed by atoms with Gasteiger partial charge in [-0.25, -0.2) is 0 Å². The third-order valence-electron chi connectivity index (χ3n) is 10.9. The van der Waals surface area contributed by atoms with Gasteiger partial charge < -0.3 is 0 Å². The highest BCUT2D eigenvalue weighted by atomic mass is 79.9. The highest BCUT2D eigenvalue weighted by molar-refractivity contribution is 9.10. The van der Waals surface area contributed by atoms with Crippen LogP contribution in [-0.2, 0) is 10.8 Å². The summed E-state index contributed by atoms with van der Waals surface area (Å²) in [5.74, 6) is 0. The highest BCUT2D eigenvalue weighted by Gasteiger charge is 2.52. The van der Waals surface area contributed by atoms with Crippen LogP contribution in [0.4, 0.5) is 0 Å². The number of fused-ring (bicyclic) bond motifs is 15. The first kappa shape index (κ1) is 25.6. The normalized spacial score (nSPS) is 15.4. The predicted molar refractivity (Wildman–Crippen MR) is 191 cm³/mol. The number of rotatable bonds is 1. The molecule has 7 aromatic carbocycles. The molecule has 0 N–H and O–H groups in total. The van der Waals surface area contributed by atoms with Gasteiger partial charge in [0.15, 0.2) is 0 Å². The Labute approximate surface area is 272 Å². The average molecular weight is 638 g/mol. The van der Waals surface area contributed by atoms with Crippen molar-refractivity contribution in [1.82, 2.24) is 0 Å². The van der Waals surface area contributed by atoms with Gasteiger partial charge in [-0.15, -0.1) is 0 Å². The summed E-state index contributed by atoms with van der Waals surface area (Å²) in [6.45, 7) is 4.72. The molecule has 10 rings (SSSR count). The molecular weight excluding hydrogens is 608 g/mol. The van der Waals surface area contributed by atoms with Gasteiger partial charge >= 0.3 is 0 Å². The van der Waals surface area contributed by atoms with Crippen molar-refractivity contribution in [3.63, 3.8) is 0 Å². The summed E-state index contributed by atoms with van der Waals surface area (Å²) in [4.78, 5) is 0. The minimum absolute atomic E-state index is 0.0640. The van der Waals surface area contributed by atoms with Crippen LogP contribution in [0.1, 0.15) is 47.2 Å². The fourth-order valence-electron chi connectivity index (χ4n) is 8.99. The van der Waals surface area contributed by atoms with E-state index in [1.807, 2.05) is 0 Å². The second kappa shape index (κ2) is 8.71. The second-order valence-electron chi connectivity index (χ2n) is 13.4. The zero-order chi connectivity index (χ0) is 30.1. The number of benzene rings is 7. The second-order valence-corrected chi connectivity index (χ2v) is 14.3. The molecule has 0 atom stereocenters. The van der Waals surface area contributed by atoms with Crippen LogP contribution in [0, 0.1) is 0 Å². The van der Waals surface area contributed by atoms with E-state index in [-0.39, 0.29) is 10.8 Å². The van der Waals surface area contributed by atoms with Crippen LogP contribution in [0.2, 0.25) is 0 Å². The van der Waals surface area contributed by atoms with Crippen LogP contribution in [0.25, 0.3) is 55.3 Å². The molecule has 3 aliphatic rings. The largest absolute Gasteiger partial charge is 0.0731 e. The summed E-state index contributed by atoms with van der Waals surface area (Å²) in [7, 11) is 0. The molecule has 0 unspecified atom stereocenters. The summed E-state index contributed by atoms with van der Waals surface area (Å²) in [6.07, 6.45) is 0. The molecule has 212 valence electrons. The summed E-state index contributed by atoms with van der Waals surface area (Å²) < 4.78 is 1.13. The van der Waals surface area contributed by atoms with Crippen molar-refractivity contribution in [3.05, 3.63) is 177 Å². The van der Waals surface area contributed by atoms with Gasteiger partial charge in [0.1, 0.15) is 0 Å². The zero-order valence-corrected chi connectivity index (χ0v) is 26.7. The Hall–Kier alpha value is -4.72. The van der Waals surface area contributed by atoms with Crippen LogP contribution >= 0.6 is 15.9 Å². The van der Waals surface area contributed by atoms with Gasteiger partial charge in [0.2, 0.25) is 0 Å². The van der Waals surface area contributed by atoms with Crippen LogP contribution in [0.5, 0.6) is 0 Å². The Bertz CT molecular complexity index is 2360. The number of hydrogen-bond donors (Lipinski definition) is 0. The van der Waals surface area contributed by atoms with E-state index >= 15 is 0 Å². The Kier molecular flexibility index (Phi) is 4.95. The van der Waals surface area contributed by atoms with E-state index in [4.69, 9.17) is 0 Å². The fraction of sp³-hybridized carbons (Fsp3) is 0.0909. The van der Waals surface area contributed by atoms with Gasteiger partial charge in [-0.3, -0.25) is 0 Å². The standard InChI is InChI=1S/C44H29Br/c1-43(2)40-24-28(18-20-33(40)34-22-19-29(45)25-41(34)43)27-16-15-26-17-21-35-32-11-5-8-14-39(32)44(42(35)36(26)23-27)37-12-6-3-9-30(37)31-10-4-7-13-38(31)44/h3-25H,1-2H3. The molecule has 1 heteroatoms. The molecule has 0 nitrogen and oxygen atoms in total. The summed E-state index contributed by atoms with van der Waals surface area (Å²) in [5, 5.41) is 2.62. The summed E-state index contributed by atoms with van der Waals surface area (Å²) >= 11 is 3.72. The predicted octanol–water partition coefficient (Wildman–Crippen LogP) is 11.9. The number of hydrogen-bond acceptors (Lipinski definition) is 0. The maximum Gasteiger partial charge on any atom is 0.0731 e. The van der Waals surface area contributed by atoms with Crippen molar-refractivity contribution in [3.8, 4) is 44.5 Å². The van der Waals surface area contributed by atoms with E-state index in [1.54, 1.807) is 0 Å². The van der Waals surface area contributed by atoms with Gasteiger partial charge in [-0.05, 0) is 113 Å². The van der Waals surface area contributed by atoms with Crippen molar-refractivity contribution in [1.29, 1.82) is 0 Å².